The van der Waals surface area contributed by atoms with Gasteiger partial charge in [-0.1, -0.05) is 0 Å². The highest BCUT2D eigenvalue weighted by Crippen LogP contribution is 2.30. The summed E-state index contributed by atoms with van der Waals surface area (Å²) in [5, 5.41) is 4.10. The maximum Gasteiger partial charge on any atom is 0.264 e. The summed E-state index contributed by atoms with van der Waals surface area (Å²) in [7, 11) is -1.87. The molecule has 0 amide bonds. The van der Waals surface area contributed by atoms with Gasteiger partial charge in [0.2, 0.25) is 0 Å². The van der Waals surface area contributed by atoms with Crippen molar-refractivity contribution in [3.8, 4) is 0 Å². The van der Waals surface area contributed by atoms with E-state index in [4.69, 9.17) is 0 Å². The van der Waals surface area contributed by atoms with Gasteiger partial charge in [-0.3, -0.25) is 9.40 Å². The largest absolute Gasteiger partial charge is 0.264 e. The molecule has 0 saturated heterocycles. The molecule has 0 unspecified atom stereocenters. The van der Waals surface area contributed by atoms with E-state index in [2.05, 4.69) is 25.8 Å². The zero-order valence-corrected chi connectivity index (χ0v) is 13.3. The van der Waals surface area contributed by atoms with E-state index >= 15 is 0 Å². The summed E-state index contributed by atoms with van der Waals surface area (Å²) in [6.07, 6.45) is 0. The predicted octanol–water partition coefficient (Wildman–Crippen LogP) is 2.66. The molecule has 0 fully saturated rings. The smallest absolute Gasteiger partial charge is 0.264 e. The van der Waals surface area contributed by atoms with Crippen molar-refractivity contribution in [3.05, 3.63) is 26.5 Å². The van der Waals surface area contributed by atoms with E-state index in [1.54, 1.807) is 26.1 Å². The van der Waals surface area contributed by atoms with Crippen LogP contribution in [0.4, 0.5) is 5.82 Å². The summed E-state index contributed by atoms with van der Waals surface area (Å²) in [6, 6.07) is 3.29. The Morgan fingerprint density at radius 1 is 1.39 bits per heavy atom. The number of hydrogen-bond donors (Lipinski definition) is 1. The van der Waals surface area contributed by atoms with E-state index in [1.165, 1.54) is 16.0 Å². The van der Waals surface area contributed by atoms with Crippen LogP contribution < -0.4 is 4.72 Å². The van der Waals surface area contributed by atoms with Gasteiger partial charge in [-0.25, -0.2) is 8.42 Å². The molecule has 0 atom stereocenters. The molecule has 0 aromatic carbocycles. The molecule has 0 aliphatic carbocycles. The number of anilines is 1. The first-order chi connectivity index (χ1) is 8.29. The number of thiophene rings is 1. The summed E-state index contributed by atoms with van der Waals surface area (Å²) in [6.45, 7) is 3.59. The molecule has 0 aliphatic rings. The monoisotopic (exact) mass is 349 g/mol. The highest BCUT2D eigenvalue weighted by molar-refractivity contribution is 9.11. The Labute approximate surface area is 118 Å². The summed E-state index contributed by atoms with van der Waals surface area (Å²) < 4.78 is 29.3. The van der Waals surface area contributed by atoms with E-state index in [-0.39, 0.29) is 0 Å². The second-order valence-electron chi connectivity index (χ2n) is 3.87. The van der Waals surface area contributed by atoms with Crippen LogP contribution in [0.25, 0.3) is 0 Å². The Morgan fingerprint density at radius 2 is 2.06 bits per heavy atom. The molecular formula is C10H12BrN3O2S2. The molecule has 2 rings (SSSR count). The number of hydrogen-bond acceptors (Lipinski definition) is 4. The van der Waals surface area contributed by atoms with Crippen molar-refractivity contribution in [3.63, 3.8) is 0 Å². The normalized spacial score (nSPS) is 11.8. The van der Waals surface area contributed by atoms with E-state index in [1.807, 2.05) is 6.92 Å². The third-order valence-corrected chi connectivity index (χ3v) is 5.54. The third kappa shape index (κ3) is 2.60. The summed E-state index contributed by atoms with van der Waals surface area (Å²) >= 11 is 4.68. The van der Waals surface area contributed by atoms with Crippen LogP contribution in [0.3, 0.4) is 0 Å². The summed E-state index contributed by atoms with van der Waals surface area (Å²) in [5.74, 6) is 0.453. The minimum absolute atomic E-state index is 0.290. The number of aryl methyl sites for hydroxylation is 3. The van der Waals surface area contributed by atoms with Crippen molar-refractivity contribution < 1.29 is 8.42 Å². The van der Waals surface area contributed by atoms with Crippen molar-refractivity contribution >= 4 is 43.1 Å². The molecule has 0 spiro atoms. The standard InChI is InChI=1S/C10H12BrN3O2S2/c1-6-4-10(14(3)12-6)13-18(15,16)8-5-9(11)17-7(8)2/h4-5,13H,1-3H3. The Morgan fingerprint density at radius 3 is 2.50 bits per heavy atom. The molecule has 1 N–H and O–H groups in total. The molecule has 2 aromatic rings. The zero-order valence-electron chi connectivity index (χ0n) is 10.1. The quantitative estimate of drug-likeness (QED) is 0.926. The second-order valence-corrected chi connectivity index (χ2v) is 8.16. The third-order valence-electron chi connectivity index (χ3n) is 2.37. The molecule has 0 saturated carbocycles. The molecule has 0 bridgehead atoms. The molecule has 98 valence electrons. The maximum absolute atomic E-state index is 12.2. The number of sulfonamides is 1. The van der Waals surface area contributed by atoms with Crippen molar-refractivity contribution in [1.82, 2.24) is 9.78 Å². The lowest BCUT2D eigenvalue weighted by Crippen LogP contribution is -2.15. The SMILES string of the molecule is Cc1cc(NS(=O)(=O)c2cc(Br)sc2C)n(C)n1. The summed E-state index contributed by atoms with van der Waals surface area (Å²) in [4.78, 5) is 1.03. The van der Waals surface area contributed by atoms with Gasteiger partial charge in [0.1, 0.15) is 10.7 Å². The van der Waals surface area contributed by atoms with Gasteiger partial charge in [-0.15, -0.1) is 11.3 Å². The minimum atomic E-state index is -3.56. The molecule has 8 heteroatoms. The van der Waals surface area contributed by atoms with Gasteiger partial charge in [0.05, 0.1) is 9.48 Å². The van der Waals surface area contributed by atoms with Crippen molar-refractivity contribution in [1.29, 1.82) is 0 Å². The highest BCUT2D eigenvalue weighted by Gasteiger charge is 2.21. The van der Waals surface area contributed by atoms with Crippen LogP contribution in [0.15, 0.2) is 20.8 Å². The van der Waals surface area contributed by atoms with Gasteiger partial charge in [0, 0.05) is 18.0 Å². The van der Waals surface area contributed by atoms with E-state index in [0.29, 0.717) is 10.7 Å². The Hall–Kier alpha value is -0.860. The lowest BCUT2D eigenvalue weighted by Gasteiger charge is -2.07. The lowest BCUT2D eigenvalue weighted by atomic mass is 10.5. The number of nitrogens with one attached hydrogen (secondary N) is 1. The molecule has 5 nitrogen and oxygen atoms in total. The Balaban J connectivity index is 2.39. The first-order valence-corrected chi connectivity index (χ1v) is 8.18. The van der Waals surface area contributed by atoms with Gasteiger partial charge in [0.15, 0.2) is 0 Å². The molecule has 2 heterocycles. The van der Waals surface area contributed by atoms with Crippen molar-refractivity contribution in [2.75, 3.05) is 4.72 Å². The van der Waals surface area contributed by atoms with Crippen molar-refractivity contribution in [2.24, 2.45) is 7.05 Å². The summed E-state index contributed by atoms with van der Waals surface area (Å²) in [5.41, 5.74) is 0.762. The second kappa shape index (κ2) is 4.67. The van der Waals surface area contributed by atoms with Gasteiger partial charge < -0.3 is 0 Å². The molecule has 0 aliphatic heterocycles. The average molecular weight is 350 g/mol. The van der Waals surface area contributed by atoms with E-state index in [9.17, 15) is 8.42 Å². The van der Waals surface area contributed by atoms with Crippen molar-refractivity contribution in [2.45, 2.75) is 18.7 Å². The predicted molar refractivity (Wildman–Crippen MR) is 75.5 cm³/mol. The lowest BCUT2D eigenvalue weighted by molar-refractivity contribution is 0.600. The Kier molecular flexibility index (Phi) is 3.52. The van der Waals surface area contributed by atoms with Crippen LogP contribution in [-0.4, -0.2) is 18.2 Å². The van der Waals surface area contributed by atoms with Crippen LogP contribution >= 0.6 is 27.3 Å². The van der Waals surface area contributed by atoms with Crippen LogP contribution in [0.1, 0.15) is 10.6 Å². The van der Waals surface area contributed by atoms with Gasteiger partial charge in [0.25, 0.3) is 10.0 Å². The minimum Gasteiger partial charge on any atom is -0.264 e. The van der Waals surface area contributed by atoms with E-state index in [0.717, 1.165) is 14.4 Å². The maximum atomic E-state index is 12.2. The number of aromatic nitrogens is 2. The average Bonchev–Trinajstić information content (AvgIpc) is 2.70. The van der Waals surface area contributed by atoms with Gasteiger partial charge in [-0.05, 0) is 35.8 Å². The van der Waals surface area contributed by atoms with Gasteiger partial charge in [-0.2, -0.15) is 5.10 Å². The number of halogens is 1. The first kappa shape index (κ1) is 13.6. The fourth-order valence-corrected chi connectivity index (χ4v) is 5.09. The Bertz CT molecular complexity index is 688. The van der Waals surface area contributed by atoms with Crippen LogP contribution in [-0.2, 0) is 17.1 Å². The number of rotatable bonds is 3. The number of nitrogens with zero attached hydrogens (tertiary/aromatic N) is 2. The zero-order chi connectivity index (χ0) is 13.5. The topological polar surface area (TPSA) is 64.0 Å². The van der Waals surface area contributed by atoms with Gasteiger partial charge >= 0.3 is 0 Å². The molecule has 18 heavy (non-hydrogen) atoms. The fourth-order valence-electron chi connectivity index (χ4n) is 1.60. The van der Waals surface area contributed by atoms with Crippen LogP contribution in [0.2, 0.25) is 0 Å². The first-order valence-electron chi connectivity index (χ1n) is 5.09. The molecule has 0 radical (unpaired) electrons. The highest BCUT2D eigenvalue weighted by atomic mass is 79.9. The molecular weight excluding hydrogens is 338 g/mol. The van der Waals surface area contributed by atoms with Crippen LogP contribution in [0.5, 0.6) is 0 Å². The van der Waals surface area contributed by atoms with E-state index < -0.39 is 10.0 Å². The van der Waals surface area contributed by atoms with Crippen LogP contribution in [0, 0.1) is 13.8 Å². The molecule has 2 aromatic heterocycles. The fraction of sp³-hybridized carbons (Fsp3) is 0.300.